The van der Waals surface area contributed by atoms with Crippen molar-refractivity contribution in [2.24, 2.45) is 0 Å². The molecule has 0 saturated carbocycles. The number of H-pyrrole nitrogens is 1. The van der Waals surface area contributed by atoms with Gasteiger partial charge in [0.15, 0.2) is 0 Å². The van der Waals surface area contributed by atoms with Crippen LogP contribution in [0, 0.1) is 6.92 Å². The highest BCUT2D eigenvalue weighted by Crippen LogP contribution is 2.25. The Balaban J connectivity index is 2.20. The predicted octanol–water partition coefficient (Wildman–Crippen LogP) is 2.23. The molecule has 0 aliphatic heterocycles. The van der Waals surface area contributed by atoms with Gasteiger partial charge in [-0.05, 0) is 31.2 Å². The molecular formula is C14H10N2O3S. The molecule has 0 aliphatic carbocycles. The van der Waals surface area contributed by atoms with Gasteiger partial charge < -0.3 is 10.1 Å². The summed E-state index contributed by atoms with van der Waals surface area (Å²) in [5.74, 6) is -0.395. The van der Waals surface area contributed by atoms with Crippen molar-refractivity contribution in [1.29, 1.82) is 0 Å². The highest BCUT2D eigenvalue weighted by Gasteiger charge is 2.15. The Labute approximate surface area is 117 Å². The van der Waals surface area contributed by atoms with Crippen molar-refractivity contribution >= 4 is 28.0 Å². The number of benzene rings is 1. The molecule has 0 saturated heterocycles. The first-order chi connectivity index (χ1) is 9.56. The zero-order valence-electron chi connectivity index (χ0n) is 10.5. The molecule has 3 rings (SSSR count). The van der Waals surface area contributed by atoms with Gasteiger partial charge in [0.1, 0.15) is 11.3 Å². The van der Waals surface area contributed by atoms with Crippen LogP contribution in [0.4, 0.5) is 0 Å². The van der Waals surface area contributed by atoms with E-state index in [0.29, 0.717) is 4.88 Å². The number of aromatic hydroxyl groups is 1. The SMILES string of the molecule is Cc1ccc(C(=O)c2cc(O)c3nc[nH]c(=O)c3c2)s1. The number of fused-ring (bicyclic) bond motifs is 1. The summed E-state index contributed by atoms with van der Waals surface area (Å²) in [6.45, 7) is 1.91. The van der Waals surface area contributed by atoms with Gasteiger partial charge in [-0.25, -0.2) is 4.98 Å². The fraction of sp³-hybridized carbons (Fsp3) is 0.0714. The monoisotopic (exact) mass is 286 g/mol. The van der Waals surface area contributed by atoms with Crippen molar-refractivity contribution in [2.75, 3.05) is 0 Å². The van der Waals surface area contributed by atoms with Gasteiger partial charge in [0, 0.05) is 10.4 Å². The molecule has 2 aromatic heterocycles. The Morgan fingerprint density at radius 1 is 1.35 bits per heavy atom. The summed E-state index contributed by atoms with van der Waals surface area (Å²) in [5.41, 5.74) is 0.0744. The first kappa shape index (κ1) is 12.6. The third-order valence-corrected chi connectivity index (χ3v) is 3.95. The number of aryl methyl sites for hydroxylation is 1. The molecule has 0 amide bonds. The fourth-order valence-corrected chi connectivity index (χ4v) is 2.82. The van der Waals surface area contributed by atoms with Crippen molar-refractivity contribution in [3.05, 3.63) is 56.3 Å². The zero-order valence-corrected chi connectivity index (χ0v) is 11.3. The van der Waals surface area contributed by atoms with Crippen LogP contribution in [-0.2, 0) is 0 Å². The Bertz CT molecular complexity index is 880. The number of nitrogens with zero attached hydrogens (tertiary/aromatic N) is 1. The largest absolute Gasteiger partial charge is 0.506 e. The molecule has 0 fully saturated rings. The molecule has 20 heavy (non-hydrogen) atoms. The van der Waals surface area contributed by atoms with Crippen LogP contribution >= 0.6 is 11.3 Å². The van der Waals surface area contributed by atoms with E-state index in [1.807, 2.05) is 13.0 Å². The Hall–Kier alpha value is -2.47. The second-order valence-electron chi connectivity index (χ2n) is 4.36. The average Bonchev–Trinajstić information content (AvgIpc) is 2.85. The lowest BCUT2D eigenvalue weighted by Gasteiger charge is -2.03. The Kier molecular flexibility index (Phi) is 2.87. The lowest BCUT2D eigenvalue weighted by molar-refractivity contribution is 0.104. The maximum atomic E-state index is 12.3. The van der Waals surface area contributed by atoms with E-state index in [2.05, 4.69) is 9.97 Å². The van der Waals surface area contributed by atoms with Crippen LogP contribution in [0.1, 0.15) is 20.1 Å². The number of ketones is 1. The minimum atomic E-state index is -0.387. The minimum Gasteiger partial charge on any atom is -0.506 e. The lowest BCUT2D eigenvalue weighted by Crippen LogP contribution is -2.08. The van der Waals surface area contributed by atoms with Crippen molar-refractivity contribution in [3.63, 3.8) is 0 Å². The second-order valence-corrected chi connectivity index (χ2v) is 5.65. The standard InChI is InChI=1S/C14H10N2O3S/c1-7-2-3-11(20-7)13(18)8-4-9-12(10(17)5-8)15-6-16-14(9)19/h2-6,17H,1H3,(H,15,16,19). The summed E-state index contributed by atoms with van der Waals surface area (Å²) in [5, 5.41) is 10.1. The van der Waals surface area contributed by atoms with Gasteiger partial charge in [0.25, 0.3) is 5.56 Å². The van der Waals surface area contributed by atoms with Gasteiger partial charge in [0.2, 0.25) is 5.78 Å². The van der Waals surface area contributed by atoms with Crippen LogP contribution in [0.2, 0.25) is 0 Å². The maximum Gasteiger partial charge on any atom is 0.258 e. The van der Waals surface area contributed by atoms with Gasteiger partial charge in [-0.1, -0.05) is 0 Å². The van der Waals surface area contributed by atoms with E-state index < -0.39 is 0 Å². The van der Waals surface area contributed by atoms with E-state index in [9.17, 15) is 14.7 Å². The third-order valence-electron chi connectivity index (χ3n) is 2.95. The van der Waals surface area contributed by atoms with Crippen molar-refractivity contribution < 1.29 is 9.90 Å². The van der Waals surface area contributed by atoms with Gasteiger partial charge in [-0.3, -0.25) is 9.59 Å². The summed E-state index contributed by atoms with van der Waals surface area (Å²) < 4.78 is 0. The number of aromatic amines is 1. The molecule has 100 valence electrons. The molecule has 0 atom stereocenters. The molecular weight excluding hydrogens is 276 g/mol. The van der Waals surface area contributed by atoms with Crippen LogP contribution in [0.5, 0.6) is 5.75 Å². The Morgan fingerprint density at radius 2 is 2.15 bits per heavy atom. The van der Waals surface area contributed by atoms with E-state index in [-0.39, 0.29) is 33.6 Å². The highest BCUT2D eigenvalue weighted by atomic mass is 32.1. The minimum absolute atomic E-state index is 0.176. The molecule has 0 aliphatic rings. The van der Waals surface area contributed by atoms with Crippen LogP contribution in [0.15, 0.2) is 35.4 Å². The van der Waals surface area contributed by atoms with Gasteiger partial charge in [-0.2, -0.15) is 0 Å². The number of hydrogen-bond acceptors (Lipinski definition) is 5. The summed E-state index contributed by atoms with van der Waals surface area (Å²) in [6.07, 6.45) is 1.22. The number of aromatic nitrogens is 2. The number of phenolic OH excluding ortho intramolecular Hbond substituents is 1. The Morgan fingerprint density at radius 3 is 2.85 bits per heavy atom. The molecule has 1 aromatic carbocycles. The molecule has 2 N–H and O–H groups in total. The lowest BCUT2D eigenvalue weighted by atomic mass is 10.1. The number of hydrogen-bond donors (Lipinski definition) is 2. The van der Waals surface area contributed by atoms with Crippen LogP contribution < -0.4 is 5.56 Å². The molecule has 0 radical (unpaired) electrons. The zero-order chi connectivity index (χ0) is 14.3. The molecule has 0 spiro atoms. The summed E-state index contributed by atoms with van der Waals surface area (Å²) in [7, 11) is 0. The predicted molar refractivity (Wildman–Crippen MR) is 76.5 cm³/mol. The molecule has 5 nitrogen and oxygen atoms in total. The van der Waals surface area contributed by atoms with E-state index in [1.54, 1.807) is 6.07 Å². The normalized spacial score (nSPS) is 10.8. The van der Waals surface area contributed by atoms with Crippen LogP contribution in [-0.4, -0.2) is 20.9 Å². The molecule has 3 aromatic rings. The number of thiophene rings is 1. The van der Waals surface area contributed by atoms with E-state index in [1.165, 1.54) is 29.8 Å². The molecule has 0 bridgehead atoms. The number of carbonyl (C=O) groups excluding carboxylic acids is 1. The van der Waals surface area contributed by atoms with Gasteiger partial charge >= 0.3 is 0 Å². The summed E-state index contributed by atoms with van der Waals surface area (Å²) >= 11 is 1.37. The van der Waals surface area contributed by atoms with E-state index in [4.69, 9.17) is 0 Å². The van der Waals surface area contributed by atoms with Gasteiger partial charge in [0.05, 0.1) is 16.6 Å². The fourth-order valence-electron chi connectivity index (χ4n) is 1.99. The summed E-state index contributed by atoms with van der Waals surface area (Å²) in [6, 6.07) is 6.38. The van der Waals surface area contributed by atoms with Crippen molar-refractivity contribution in [2.45, 2.75) is 6.92 Å². The van der Waals surface area contributed by atoms with E-state index in [0.717, 1.165) is 4.88 Å². The maximum absolute atomic E-state index is 12.3. The number of phenols is 1. The molecule has 0 unspecified atom stereocenters. The van der Waals surface area contributed by atoms with Crippen LogP contribution in [0.25, 0.3) is 10.9 Å². The first-order valence-corrected chi connectivity index (χ1v) is 6.69. The molecule has 6 heteroatoms. The molecule has 2 heterocycles. The van der Waals surface area contributed by atoms with Crippen LogP contribution in [0.3, 0.4) is 0 Å². The summed E-state index contributed by atoms with van der Waals surface area (Å²) in [4.78, 5) is 32.0. The van der Waals surface area contributed by atoms with Gasteiger partial charge in [-0.15, -0.1) is 11.3 Å². The number of rotatable bonds is 2. The second kappa shape index (κ2) is 4.57. The smallest absolute Gasteiger partial charge is 0.258 e. The van der Waals surface area contributed by atoms with Crippen molar-refractivity contribution in [1.82, 2.24) is 9.97 Å². The highest BCUT2D eigenvalue weighted by molar-refractivity contribution is 7.14. The topological polar surface area (TPSA) is 83.0 Å². The number of nitrogens with one attached hydrogen (secondary N) is 1. The quantitative estimate of drug-likeness (QED) is 0.708. The third kappa shape index (κ3) is 2.00. The number of carbonyl (C=O) groups is 1. The first-order valence-electron chi connectivity index (χ1n) is 5.88. The average molecular weight is 286 g/mol. The van der Waals surface area contributed by atoms with Crippen molar-refractivity contribution in [3.8, 4) is 5.75 Å². The van der Waals surface area contributed by atoms with E-state index >= 15 is 0 Å².